The third-order valence-electron chi connectivity index (χ3n) is 2.80. The molecule has 0 saturated heterocycles. The molecular weight excluding hydrogens is 211 g/mol. The van der Waals surface area contributed by atoms with E-state index in [1.807, 2.05) is 25.1 Å². The monoisotopic (exact) mass is 232 g/mol. The quantitative estimate of drug-likeness (QED) is 0.651. The average Bonchev–Trinajstić information content (AvgIpc) is 2.25. The SMILES string of the molecule is C=C/C=C\c1ccc(F)c(CC)c1C(C)(C)C. The number of allylic oxidation sites excluding steroid dienone is 2. The average molecular weight is 232 g/mol. The molecule has 0 unspecified atom stereocenters. The van der Waals surface area contributed by atoms with Crippen LogP contribution in [0, 0.1) is 5.82 Å². The van der Waals surface area contributed by atoms with E-state index < -0.39 is 0 Å². The number of hydrogen-bond acceptors (Lipinski definition) is 0. The largest absolute Gasteiger partial charge is 0.207 e. The van der Waals surface area contributed by atoms with Crippen LogP contribution in [0.5, 0.6) is 0 Å². The molecule has 0 nitrogen and oxygen atoms in total. The van der Waals surface area contributed by atoms with Crippen LogP contribution in [0.3, 0.4) is 0 Å². The smallest absolute Gasteiger partial charge is 0.126 e. The summed E-state index contributed by atoms with van der Waals surface area (Å²) in [6.45, 7) is 12.0. The molecule has 0 aliphatic rings. The van der Waals surface area contributed by atoms with Crippen LogP contribution >= 0.6 is 0 Å². The zero-order valence-electron chi connectivity index (χ0n) is 11.2. The van der Waals surface area contributed by atoms with Gasteiger partial charge in [0.2, 0.25) is 0 Å². The van der Waals surface area contributed by atoms with Crippen molar-refractivity contribution in [2.75, 3.05) is 0 Å². The predicted octanol–water partition coefficient (Wildman–Crippen LogP) is 4.88. The van der Waals surface area contributed by atoms with Gasteiger partial charge in [0.05, 0.1) is 0 Å². The first kappa shape index (κ1) is 13.7. The van der Waals surface area contributed by atoms with Gasteiger partial charge < -0.3 is 0 Å². The Bertz CT molecular complexity index is 434. The van der Waals surface area contributed by atoms with Crippen molar-refractivity contribution in [3.63, 3.8) is 0 Å². The van der Waals surface area contributed by atoms with E-state index >= 15 is 0 Å². The molecular formula is C16H21F. The van der Waals surface area contributed by atoms with E-state index in [9.17, 15) is 4.39 Å². The summed E-state index contributed by atoms with van der Waals surface area (Å²) in [4.78, 5) is 0. The van der Waals surface area contributed by atoms with E-state index in [2.05, 4.69) is 27.4 Å². The van der Waals surface area contributed by atoms with Crippen LogP contribution in [0.15, 0.2) is 30.9 Å². The first-order valence-corrected chi connectivity index (χ1v) is 6.02. The highest BCUT2D eigenvalue weighted by Crippen LogP contribution is 2.32. The van der Waals surface area contributed by atoms with Crippen LogP contribution in [0.25, 0.3) is 6.08 Å². The fraction of sp³-hybridized carbons (Fsp3) is 0.375. The minimum Gasteiger partial charge on any atom is -0.207 e. The molecule has 0 atom stereocenters. The van der Waals surface area contributed by atoms with Gasteiger partial charge in [0, 0.05) is 0 Å². The van der Waals surface area contributed by atoms with Crippen LogP contribution in [0.4, 0.5) is 4.39 Å². The highest BCUT2D eigenvalue weighted by Gasteiger charge is 2.22. The Hall–Kier alpha value is -1.37. The molecule has 1 rings (SSSR count). The van der Waals surface area contributed by atoms with Crippen LogP contribution in [0.2, 0.25) is 0 Å². The Balaban J connectivity index is 3.51. The fourth-order valence-corrected chi connectivity index (χ4v) is 2.18. The topological polar surface area (TPSA) is 0 Å². The van der Waals surface area contributed by atoms with Gasteiger partial charge in [0.1, 0.15) is 5.82 Å². The first-order chi connectivity index (χ1) is 7.91. The Morgan fingerprint density at radius 1 is 1.29 bits per heavy atom. The Kier molecular flexibility index (Phi) is 4.28. The molecule has 1 heteroatoms. The molecule has 0 radical (unpaired) electrons. The number of hydrogen-bond donors (Lipinski definition) is 0. The Labute approximate surface area is 104 Å². The van der Waals surface area contributed by atoms with Gasteiger partial charge >= 0.3 is 0 Å². The molecule has 0 heterocycles. The van der Waals surface area contributed by atoms with Crippen LogP contribution < -0.4 is 0 Å². The third-order valence-corrected chi connectivity index (χ3v) is 2.80. The molecule has 1 aromatic carbocycles. The van der Waals surface area contributed by atoms with E-state index in [1.165, 1.54) is 0 Å². The van der Waals surface area contributed by atoms with Gasteiger partial charge in [0.25, 0.3) is 0 Å². The van der Waals surface area contributed by atoms with Gasteiger partial charge in [-0.15, -0.1) is 0 Å². The normalized spacial score (nSPS) is 12.1. The van der Waals surface area contributed by atoms with Crippen molar-refractivity contribution in [1.82, 2.24) is 0 Å². The summed E-state index contributed by atoms with van der Waals surface area (Å²) >= 11 is 0. The molecule has 0 aliphatic carbocycles. The number of rotatable bonds is 3. The van der Waals surface area contributed by atoms with Crippen LogP contribution in [-0.4, -0.2) is 0 Å². The molecule has 0 aromatic heterocycles. The highest BCUT2D eigenvalue weighted by molar-refractivity contribution is 5.59. The van der Waals surface area contributed by atoms with Gasteiger partial charge in [0.15, 0.2) is 0 Å². The summed E-state index contributed by atoms with van der Waals surface area (Å²) in [5, 5.41) is 0. The molecule has 0 amide bonds. The summed E-state index contributed by atoms with van der Waals surface area (Å²) in [5.74, 6) is -0.104. The van der Waals surface area contributed by atoms with Crippen molar-refractivity contribution in [3.8, 4) is 0 Å². The van der Waals surface area contributed by atoms with E-state index in [0.717, 1.165) is 16.7 Å². The molecule has 0 bridgehead atoms. The lowest BCUT2D eigenvalue weighted by atomic mass is 9.79. The maximum Gasteiger partial charge on any atom is 0.126 e. The molecule has 0 N–H and O–H groups in total. The molecule has 0 spiro atoms. The summed E-state index contributed by atoms with van der Waals surface area (Å²) in [7, 11) is 0. The minimum absolute atomic E-state index is 0.0612. The van der Waals surface area contributed by atoms with E-state index in [4.69, 9.17) is 0 Å². The fourth-order valence-electron chi connectivity index (χ4n) is 2.18. The van der Waals surface area contributed by atoms with E-state index in [0.29, 0.717) is 6.42 Å². The van der Waals surface area contributed by atoms with Crippen molar-refractivity contribution < 1.29 is 4.39 Å². The van der Waals surface area contributed by atoms with Crippen molar-refractivity contribution in [2.24, 2.45) is 0 Å². The predicted molar refractivity (Wildman–Crippen MR) is 73.7 cm³/mol. The Morgan fingerprint density at radius 3 is 2.41 bits per heavy atom. The standard InChI is InChI=1S/C16H21F/c1-6-8-9-12-10-11-14(17)13(7-2)15(12)16(3,4)5/h6,8-11H,1,7H2,2-5H3/b9-8-. The van der Waals surface area contributed by atoms with Gasteiger partial charge in [-0.1, -0.05) is 58.6 Å². The Morgan fingerprint density at radius 2 is 1.94 bits per heavy atom. The van der Waals surface area contributed by atoms with Crippen LogP contribution in [0.1, 0.15) is 44.4 Å². The maximum absolute atomic E-state index is 13.8. The van der Waals surface area contributed by atoms with Crippen LogP contribution in [-0.2, 0) is 11.8 Å². The lowest BCUT2D eigenvalue weighted by molar-refractivity contribution is 0.555. The lowest BCUT2D eigenvalue weighted by Gasteiger charge is -2.25. The van der Waals surface area contributed by atoms with Crippen molar-refractivity contribution >= 4 is 6.08 Å². The molecule has 92 valence electrons. The zero-order chi connectivity index (χ0) is 13.1. The van der Waals surface area contributed by atoms with Crippen molar-refractivity contribution in [2.45, 2.75) is 39.5 Å². The van der Waals surface area contributed by atoms with Crippen molar-refractivity contribution in [3.05, 3.63) is 53.4 Å². The van der Waals surface area contributed by atoms with Gasteiger partial charge in [-0.3, -0.25) is 0 Å². The third kappa shape index (κ3) is 3.06. The second-order valence-electron chi connectivity index (χ2n) is 5.19. The summed E-state index contributed by atoms with van der Waals surface area (Å²) in [5.41, 5.74) is 2.94. The molecule has 0 fully saturated rings. The molecule has 0 aliphatic heterocycles. The molecule has 17 heavy (non-hydrogen) atoms. The summed E-state index contributed by atoms with van der Waals surface area (Å²) < 4.78 is 13.8. The lowest BCUT2D eigenvalue weighted by Crippen LogP contribution is -2.17. The summed E-state index contributed by atoms with van der Waals surface area (Å²) in [6, 6.07) is 3.39. The second-order valence-corrected chi connectivity index (χ2v) is 5.19. The highest BCUT2D eigenvalue weighted by atomic mass is 19.1. The maximum atomic E-state index is 13.8. The van der Waals surface area contributed by atoms with Gasteiger partial charge in [-0.2, -0.15) is 0 Å². The van der Waals surface area contributed by atoms with Gasteiger partial charge in [-0.25, -0.2) is 4.39 Å². The minimum atomic E-state index is -0.104. The zero-order valence-corrected chi connectivity index (χ0v) is 11.2. The summed E-state index contributed by atoms with van der Waals surface area (Å²) in [6.07, 6.45) is 6.34. The van der Waals surface area contributed by atoms with E-state index in [1.54, 1.807) is 12.1 Å². The molecule has 1 aromatic rings. The van der Waals surface area contributed by atoms with Gasteiger partial charge in [-0.05, 0) is 34.6 Å². The van der Waals surface area contributed by atoms with E-state index in [-0.39, 0.29) is 11.2 Å². The number of benzene rings is 1. The van der Waals surface area contributed by atoms with Crippen molar-refractivity contribution in [1.29, 1.82) is 0 Å². The second kappa shape index (κ2) is 5.31. The first-order valence-electron chi connectivity index (χ1n) is 6.02. The molecule has 0 saturated carbocycles. The number of halogens is 1.